The third-order valence-electron chi connectivity index (χ3n) is 2.92. The molecule has 5 heteroatoms. The number of aliphatic imine (C=N–C) groups is 1. The lowest BCUT2D eigenvalue weighted by Gasteiger charge is -2.38. The predicted molar refractivity (Wildman–Crippen MR) is 86.3 cm³/mol. The normalized spacial score (nSPS) is 18.5. The molecule has 2 rings (SSSR count). The molecule has 0 bridgehead atoms. The number of thioether (sulfide) groups is 1. The Morgan fingerprint density at radius 2 is 1.80 bits per heavy atom. The summed E-state index contributed by atoms with van der Waals surface area (Å²) in [5, 5.41) is 0.826. The molecule has 0 aliphatic carbocycles. The molecule has 0 saturated carbocycles. The Bertz CT molecular complexity index is 499. The quantitative estimate of drug-likeness (QED) is 0.849. The lowest BCUT2D eigenvalue weighted by molar-refractivity contribution is 0.220. The first-order valence-corrected chi connectivity index (χ1v) is 7.85. The molecule has 0 radical (unpaired) electrons. The van der Waals surface area contributed by atoms with E-state index in [2.05, 4.69) is 4.99 Å². The molecule has 1 heterocycles. The second kappa shape index (κ2) is 6.31. The highest BCUT2D eigenvalue weighted by Crippen LogP contribution is 2.27. The van der Waals surface area contributed by atoms with Gasteiger partial charge >= 0.3 is 6.03 Å². The molecule has 0 spiro atoms. The summed E-state index contributed by atoms with van der Waals surface area (Å²) in [6.07, 6.45) is 0. The van der Waals surface area contributed by atoms with E-state index in [4.69, 9.17) is 0 Å². The lowest BCUT2D eigenvalue weighted by atomic mass is 10.3. The van der Waals surface area contributed by atoms with Gasteiger partial charge in [-0.1, -0.05) is 30.0 Å². The number of hydrogen-bond donors (Lipinski definition) is 0. The zero-order chi connectivity index (χ0) is 14.7. The molecular formula is C15H21N3OS. The average molecular weight is 291 g/mol. The van der Waals surface area contributed by atoms with Gasteiger partial charge in [0.05, 0.1) is 5.88 Å². The van der Waals surface area contributed by atoms with Crippen molar-refractivity contribution in [3.05, 3.63) is 30.3 Å². The molecule has 1 aromatic rings. The third kappa shape index (κ3) is 3.15. The number of amidine groups is 1. The van der Waals surface area contributed by atoms with E-state index in [0.717, 1.165) is 10.9 Å². The fraction of sp³-hybridized carbons (Fsp3) is 0.467. The minimum atomic E-state index is 0.00403. The summed E-state index contributed by atoms with van der Waals surface area (Å²) in [4.78, 5) is 20.9. The van der Waals surface area contributed by atoms with E-state index in [1.807, 2.05) is 58.0 Å². The van der Waals surface area contributed by atoms with Crippen LogP contribution in [0.4, 0.5) is 10.5 Å². The second-order valence-corrected chi connectivity index (χ2v) is 6.20. The molecule has 0 atom stereocenters. The Kier molecular flexibility index (Phi) is 4.70. The molecular weight excluding hydrogens is 270 g/mol. The molecule has 1 aromatic carbocycles. The zero-order valence-corrected chi connectivity index (χ0v) is 13.2. The summed E-state index contributed by atoms with van der Waals surface area (Å²) in [5.41, 5.74) is 0.930. The summed E-state index contributed by atoms with van der Waals surface area (Å²) < 4.78 is 0. The van der Waals surface area contributed by atoms with E-state index < -0.39 is 0 Å². The first-order chi connectivity index (χ1) is 9.50. The van der Waals surface area contributed by atoms with Gasteiger partial charge < -0.3 is 0 Å². The van der Waals surface area contributed by atoms with Crippen LogP contribution in [-0.2, 0) is 0 Å². The van der Waals surface area contributed by atoms with Crippen molar-refractivity contribution in [2.24, 2.45) is 4.99 Å². The highest BCUT2D eigenvalue weighted by molar-refractivity contribution is 8.14. The fourth-order valence-corrected chi connectivity index (χ4v) is 3.23. The molecule has 4 nitrogen and oxygen atoms in total. The smallest absolute Gasteiger partial charge is 0.284 e. The predicted octanol–water partition coefficient (Wildman–Crippen LogP) is 3.79. The Balaban J connectivity index is 2.29. The fourth-order valence-electron chi connectivity index (χ4n) is 2.01. The van der Waals surface area contributed by atoms with Gasteiger partial charge in [-0.05, 0) is 39.8 Å². The van der Waals surface area contributed by atoms with Gasteiger partial charge in [0.25, 0.3) is 0 Å². The molecule has 1 saturated heterocycles. The van der Waals surface area contributed by atoms with Crippen molar-refractivity contribution in [2.75, 3.05) is 10.8 Å². The summed E-state index contributed by atoms with van der Waals surface area (Å²) in [5.74, 6) is 0.609. The molecule has 2 amide bonds. The summed E-state index contributed by atoms with van der Waals surface area (Å²) >= 11 is 1.62. The first kappa shape index (κ1) is 14.9. The van der Waals surface area contributed by atoms with Gasteiger partial charge in [-0.15, -0.1) is 0 Å². The van der Waals surface area contributed by atoms with E-state index in [1.54, 1.807) is 21.6 Å². The van der Waals surface area contributed by atoms with Crippen LogP contribution in [0.15, 0.2) is 35.3 Å². The topological polar surface area (TPSA) is 35.9 Å². The standard InChI is InChI=1S/C15H21N3OS/c1-11(2)16-14-18(12(3)4)15(19)17(10-20-14)13-8-6-5-7-9-13/h5-9,11-12H,10H2,1-4H3/b16-14-. The molecule has 0 N–H and O–H groups in total. The third-order valence-corrected chi connectivity index (χ3v) is 3.87. The van der Waals surface area contributed by atoms with Crippen molar-refractivity contribution in [3.8, 4) is 0 Å². The van der Waals surface area contributed by atoms with Crippen molar-refractivity contribution in [1.82, 2.24) is 4.90 Å². The Morgan fingerprint density at radius 3 is 2.35 bits per heavy atom. The number of carbonyl (C=O) groups is 1. The molecule has 108 valence electrons. The van der Waals surface area contributed by atoms with E-state index in [9.17, 15) is 4.79 Å². The van der Waals surface area contributed by atoms with Crippen LogP contribution in [0.25, 0.3) is 0 Å². The van der Waals surface area contributed by atoms with Crippen molar-refractivity contribution < 1.29 is 4.79 Å². The number of nitrogens with zero attached hydrogens (tertiary/aromatic N) is 3. The maximum Gasteiger partial charge on any atom is 0.331 e. The second-order valence-electron chi connectivity index (χ2n) is 5.29. The van der Waals surface area contributed by atoms with Crippen LogP contribution < -0.4 is 4.90 Å². The van der Waals surface area contributed by atoms with Gasteiger partial charge in [0, 0.05) is 17.8 Å². The average Bonchev–Trinajstić information content (AvgIpc) is 2.38. The van der Waals surface area contributed by atoms with Crippen LogP contribution in [0.2, 0.25) is 0 Å². The monoisotopic (exact) mass is 291 g/mol. The maximum absolute atomic E-state index is 12.7. The molecule has 0 aromatic heterocycles. The molecule has 1 aliphatic rings. The van der Waals surface area contributed by atoms with Gasteiger partial charge in [-0.2, -0.15) is 0 Å². The summed E-state index contributed by atoms with van der Waals surface area (Å²) in [6.45, 7) is 8.09. The van der Waals surface area contributed by atoms with Crippen LogP contribution in [-0.4, -0.2) is 34.1 Å². The molecule has 20 heavy (non-hydrogen) atoms. The van der Waals surface area contributed by atoms with Crippen molar-refractivity contribution in [1.29, 1.82) is 0 Å². The van der Waals surface area contributed by atoms with Gasteiger partial charge in [0.15, 0.2) is 5.17 Å². The van der Waals surface area contributed by atoms with Gasteiger partial charge in [-0.3, -0.25) is 14.8 Å². The SMILES string of the molecule is CC(C)/N=C1\SCN(c2ccccc2)C(=O)N1C(C)C. The van der Waals surface area contributed by atoms with Crippen molar-refractivity contribution >= 4 is 28.6 Å². The van der Waals surface area contributed by atoms with Gasteiger partial charge in [0.1, 0.15) is 0 Å². The number of rotatable bonds is 3. The largest absolute Gasteiger partial charge is 0.331 e. The van der Waals surface area contributed by atoms with Crippen LogP contribution in [0, 0.1) is 0 Å². The number of anilines is 1. The van der Waals surface area contributed by atoms with Crippen LogP contribution in [0.3, 0.4) is 0 Å². The number of carbonyl (C=O) groups excluding carboxylic acids is 1. The highest BCUT2D eigenvalue weighted by Gasteiger charge is 2.33. The number of para-hydroxylation sites is 1. The minimum absolute atomic E-state index is 0.00403. The number of hydrogen-bond acceptors (Lipinski definition) is 3. The number of amides is 2. The molecule has 1 fully saturated rings. The highest BCUT2D eigenvalue weighted by atomic mass is 32.2. The minimum Gasteiger partial charge on any atom is -0.284 e. The van der Waals surface area contributed by atoms with Crippen LogP contribution in [0.1, 0.15) is 27.7 Å². The van der Waals surface area contributed by atoms with E-state index in [1.165, 1.54) is 0 Å². The van der Waals surface area contributed by atoms with Crippen molar-refractivity contribution in [2.45, 2.75) is 39.8 Å². The Hall–Kier alpha value is -1.49. The van der Waals surface area contributed by atoms with E-state index >= 15 is 0 Å². The first-order valence-electron chi connectivity index (χ1n) is 6.87. The zero-order valence-electron chi connectivity index (χ0n) is 12.4. The maximum atomic E-state index is 12.7. The van der Waals surface area contributed by atoms with E-state index in [0.29, 0.717) is 5.88 Å². The van der Waals surface area contributed by atoms with Crippen molar-refractivity contribution in [3.63, 3.8) is 0 Å². The molecule has 1 aliphatic heterocycles. The van der Waals surface area contributed by atoms with E-state index in [-0.39, 0.29) is 18.1 Å². The Morgan fingerprint density at radius 1 is 1.15 bits per heavy atom. The Labute approximate surface area is 124 Å². The van der Waals surface area contributed by atoms with Gasteiger partial charge in [0.2, 0.25) is 0 Å². The number of urea groups is 1. The summed E-state index contributed by atoms with van der Waals surface area (Å²) in [6, 6.07) is 10.1. The number of benzene rings is 1. The summed E-state index contributed by atoms with van der Waals surface area (Å²) in [7, 11) is 0. The van der Waals surface area contributed by atoms with Crippen LogP contribution >= 0.6 is 11.8 Å². The van der Waals surface area contributed by atoms with Crippen LogP contribution in [0.5, 0.6) is 0 Å². The van der Waals surface area contributed by atoms with Gasteiger partial charge in [-0.25, -0.2) is 4.79 Å². The molecule has 0 unspecified atom stereocenters. The lowest BCUT2D eigenvalue weighted by Crippen LogP contribution is -2.53.